The largest absolute Gasteiger partial charge is 0.291 e. The molecule has 0 N–H and O–H groups in total. The second-order valence-electron chi connectivity index (χ2n) is 3.61. The highest BCUT2D eigenvalue weighted by Gasteiger charge is 2.11. The van der Waals surface area contributed by atoms with E-state index >= 15 is 0 Å². The van der Waals surface area contributed by atoms with Gasteiger partial charge in [-0.2, -0.15) is 0 Å². The van der Waals surface area contributed by atoms with Crippen molar-refractivity contribution < 1.29 is 9.18 Å². The monoisotopic (exact) mass is 269 g/mol. The average molecular weight is 270 g/mol. The van der Waals surface area contributed by atoms with E-state index in [2.05, 4.69) is 4.98 Å². The summed E-state index contributed by atoms with van der Waals surface area (Å²) in [6.07, 6.45) is 0. The Morgan fingerprint density at radius 3 is 2.88 bits per heavy atom. The molecule has 0 aliphatic rings. The van der Waals surface area contributed by atoms with Gasteiger partial charge in [-0.15, -0.1) is 22.9 Å². The number of ketones is 1. The minimum Gasteiger partial charge on any atom is -0.291 e. The van der Waals surface area contributed by atoms with Gasteiger partial charge in [0.2, 0.25) is 0 Å². The molecule has 0 aliphatic carbocycles. The zero-order valence-electron chi connectivity index (χ0n) is 9.04. The maximum Gasteiger partial charge on any atom is 0.196 e. The molecule has 0 fully saturated rings. The van der Waals surface area contributed by atoms with Crippen molar-refractivity contribution in [1.29, 1.82) is 0 Å². The third-order valence-corrected chi connectivity index (χ3v) is 3.33. The molecule has 88 valence electrons. The third-order valence-electron chi connectivity index (χ3n) is 2.20. The quantitative estimate of drug-likeness (QED) is 0.628. The van der Waals surface area contributed by atoms with Crippen molar-refractivity contribution in [3.05, 3.63) is 40.7 Å². The first kappa shape index (κ1) is 12.2. The number of hydrogen-bond donors (Lipinski definition) is 0. The normalized spacial score (nSPS) is 10.5. The second-order valence-corrected chi connectivity index (χ2v) is 4.74. The van der Waals surface area contributed by atoms with Crippen LogP contribution in [0.4, 0.5) is 4.39 Å². The summed E-state index contributed by atoms with van der Waals surface area (Å²) in [5.74, 6) is -0.617. The number of carbonyl (C=O) groups excluding carboxylic acids is 1. The number of aromatic nitrogens is 1. The summed E-state index contributed by atoms with van der Waals surface area (Å²) in [4.78, 5) is 15.5. The van der Waals surface area contributed by atoms with Crippen LogP contribution in [0.2, 0.25) is 0 Å². The Morgan fingerprint density at radius 1 is 1.47 bits per heavy atom. The fourth-order valence-electron chi connectivity index (χ4n) is 1.46. The molecule has 0 bridgehead atoms. The first-order valence-electron chi connectivity index (χ1n) is 4.92. The molecule has 0 atom stereocenters. The number of aryl methyl sites for hydroxylation is 1. The van der Waals surface area contributed by atoms with Gasteiger partial charge in [-0.3, -0.25) is 4.79 Å². The SMILES string of the molecule is Cc1cc(F)cc(-c2nc(C(=O)CCl)cs2)c1. The van der Waals surface area contributed by atoms with Crippen LogP contribution in [0, 0.1) is 12.7 Å². The Hall–Kier alpha value is -1.26. The van der Waals surface area contributed by atoms with Crippen LogP contribution in [0.25, 0.3) is 10.6 Å². The molecule has 0 spiro atoms. The number of carbonyl (C=O) groups is 1. The Labute approximate surface area is 107 Å². The zero-order chi connectivity index (χ0) is 12.4. The number of alkyl halides is 1. The van der Waals surface area contributed by atoms with Crippen molar-refractivity contribution in [2.75, 3.05) is 5.88 Å². The van der Waals surface area contributed by atoms with E-state index in [9.17, 15) is 9.18 Å². The van der Waals surface area contributed by atoms with Crippen molar-refractivity contribution in [3.8, 4) is 10.6 Å². The molecule has 1 aromatic carbocycles. The van der Waals surface area contributed by atoms with E-state index in [1.807, 2.05) is 13.0 Å². The number of rotatable bonds is 3. The van der Waals surface area contributed by atoms with Crippen LogP contribution in [0.3, 0.4) is 0 Å². The average Bonchev–Trinajstić information content (AvgIpc) is 2.76. The molecule has 17 heavy (non-hydrogen) atoms. The summed E-state index contributed by atoms with van der Waals surface area (Å²) in [6.45, 7) is 1.81. The predicted molar refractivity (Wildman–Crippen MR) is 67.3 cm³/mol. The van der Waals surface area contributed by atoms with Crippen LogP contribution in [0.1, 0.15) is 16.1 Å². The molecule has 2 rings (SSSR count). The Balaban J connectivity index is 2.40. The molecule has 1 aromatic heterocycles. The van der Waals surface area contributed by atoms with E-state index in [4.69, 9.17) is 11.6 Å². The van der Waals surface area contributed by atoms with Crippen LogP contribution < -0.4 is 0 Å². The first-order chi connectivity index (χ1) is 8.10. The summed E-state index contributed by atoms with van der Waals surface area (Å²) < 4.78 is 13.2. The van der Waals surface area contributed by atoms with Crippen LogP contribution in [-0.4, -0.2) is 16.6 Å². The van der Waals surface area contributed by atoms with Crippen molar-refractivity contribution in [2.45, 2.75) is 6.92 Å². The molecule has 1 heterocycles. The molecule has 0 saturated carbocycles. The van der Waals surface area contributed by atoms with E-state index in [-0.39, 0.29) is 17.5 Å². The number of nitrogens with zero attached hydrogens (tertiary/aromatic N) is 1. The van der Waals surface area contributed by atoms with Gasteiger partial charge in [0.1, 0.15) is 16.5 Å². The van der Waals surface area contributed by atoms with Crippen molar-refractivity contribution in [3.63, 3.8) is 0 Å². The molecular weight excluding hydrogens is 261 g/mol. The molecule has 0 radical (unpaired) electrons. The second kappa shape index (κ2) is 4.94. The zero-order valence-corrected chi connectivity index (χ0v) is 10.6. The lowest BCUT2D eigenvalue weighted by Crippen LogP contribution is -2.00. The van der Waals surface area contributed by atoms with E-state index < -0.39 is 0 Å². The van der Waals surface area contributed by atoms with Gasteiger partial charge in [-0.25, -0.2) is 9.37 Å². The van der Waals surface area contributed by atoms with Crippen LogP contribution in [0.15, 0.2) is 23.6 Å². The molecule has 0 unspecified atom stereocenters. The Morgan fingerprint density at radius 2 is 2.24 bits per heavy atom. The predicted octanol–water partition coefficient (Wildman–Crippen LogP) is 3.68. The summed E-state index contributed by atoms with van der Waals surface area (Å²) in [5, 5.41) is 2.27. The number of thiazole rings is 1. The minimum absolute atomic E-state index is 0.0919. The summed E-state index contributed by atoms with van der Waals surface area (Å²) in [5.41, 5.74) is 1.84. The van der Waals surface area contributed by atoms with Gasteiger partial charge >= 0.3 is 0 Å². The van der Waals surface area contributed by atoms with Crippen molar-refractivity contribution in [1.82, 2.24) is 4.98 Å². The van der Waals surface area contributed by atoms with Crippen LogP contribution in [0.5, 0.6) is 0 Å². The lowest BCUT2D eigenvalue weighted by atomic mass is 10.1. The van der Waals surface area contributed by atoms with Gasteiger partial charge in [-0.1, -0.05) is 0 Å². The van der Waals surface area contributed by atoms with E-state index in [1.165, 1.54) is 23.5 Å². The standard InChI is InChI=1S/C12H9ClFNOS/c1-7-2-8(4-9(14)3-7)12-15-10(6-17-12)11(16)5-13/h2-4,6H,5H2,1H3. The molecular formula is C12H9ClFNOS. The maximum absolute atomic E-state index is 13.2. The van der Waals surface area contributed by atoms with Crippen LogP contribution in [-0.2, 0) is 0 Å². The topological polar surface area (TPSA) is 30.0 Å². The fourth-order valence-corrected chi connectivity index (χ4v) is 2.41. The van der Waals surface area contributed by atoms with Crippen molar-refractivity contribution >= 4 is 28.7 Å². The number of hydrogen-bond acceptors (Lipinski definition) is 3. The fraction of sp³-hybridized carbons (Fsp3) is 0.167. The van der Waals surface area contributed by atoms with Gasteiger partial charge in [0, 0.05) is 10.9 Å². The molecule has 2 aromatic rings. The smallest absolute Gasteiger partial charge is 0.196 e. The first-order valence-corrected chi connectivity index (χ1v) is 6.34. The van der Waals surface area contributed by atoms with Crippen LogP contribution >= 0.6 is 22.9 Å². The highest BCUT2D eigenvalue weighted by atomic mass is 35.5. The Bertz CT molecular complexity index is 547. The third kappa shape index (κ3) is 2.70. The van der Waals surface area contributed by atoms with E-state index in [1.54, 1.807) is 5.38 Å². The lowest BCUT2D eigenvalue weighted by Gasteiger charge is -1.99. The molecule has 5 heteroatoms. The van der Waals surface area contributed by atoms with Gasteiger partial charge in [0.15, 0.2) is 5.78 Å². The van der Waals surface area contributed by atoms with E-state index in [0.717, 1.165) is 5.56 Å². The Kier molecular flexibility index (Phi) is 3.54. The minimum atomic E-state index is -0.305. The highest BCUT2D eigenvalue weighted by molar-refractivity contribution is 7.13. The van der Waals surface area contributed by atoms with Gasteiger partial charge in [0.25, 0.3) is 0 Å². The summed E-state index contributed by atoms with van der Waals surface area (Å²) >= 11 is 6.75. The molecule has 2 nitrogen and oxygen atoms in total. The number of Topliss-reactive ketones (excluding diaryl/α,β-unsaturated/α-hetero) is 1. The van der Waals surface area contributed by atoms with Crippen molar-refractivity contribution in [2.24, 2.45) is 0 Å². The maximum atomic E-state index is 13.2. The summed E-state index contributed by atoms with van der Waals surface area (Å²) in [7, 11) is 0. The molecule has 0 saturated heterocycles. The summed E-state index contributed by atoms with van der Waals surface area (Å²) in [6, 6.07) is 4.68. The van der Waals surface area contributed by atoms with E-state index in [0.29, 0.717) is 16.3 Å². The van der Waals surface area contributed by atoms with Gasteiger partial charge in [0.05, 0.1) is 5.88 Å². The highest BCUT2D eigenvalue weighted by Crippen LogP contribution is 2.25. The number of benzene rings is 1. The molecule has 0 amide bonds. The van der Waals surface area contributed by atoms with Gasteiger partial charge < -0.3 is 0 Å². The number of halogens is 2. The van der Waals surface area contributed by atoms with Gasteiger partial charge in [-0.05, 0) is 30.7 Å². The molecule has 0 aliphatic heterocycles. The lowest BCUT2D eigenvalue weighted by molar-refractivity contribution is 0.101.